The molecule has 0 unspecified atom stereocenters. The molecule has 168 valence electrons. The summed E-state index contributed by atoms with van der Waals surface area (Å²) in [6.07, 6.45) is 9.31. The molecular weight excluding hydrogens is 442 g/mol. The van der Waals surface area contributed by atoms with Crippen molar-refractivity contribution in [3.05, 3.63) is 67.1 Å². The van der Waals surface area contributed by atoms with E-state index in [4.69, 9.17) is 0 Å². The standard InChI is InChI=1S/C22H21N7O3S/c30-22(21-13-24-14-28(21)16-3-7-23-8-4-16)27-9-5-20-19(27)6-10-29(20)33(31,32)17-1-2-18-15(11-17)12-25-26-18/h1-4,7-8,11-14,19-20H,5-6,9-10H2,(H,25,26)/t19-,20-/m1/s1. The Bertz CT molecular complexity index is 1450. The summed E-state index contributed by atoms with van der Waals surface area (Å²) in [5, 5.41) is 7.56. The number of hydrogen-bond acceptors (Lipinski definition) is 6. The Labute approximate surface area is 189 Å². The van der Waals surface area contributed by atoms with Crippen LogP contribution in [-0.2, 0) is 10.0 Å². The van der Waals surface area contributed by atoms with Crippen molar-refractivity contribution in [3.63, 3.8) is 0 Å². The zero-order chi connectivity index (χ0) is 22.6. The molecule has 0 aliphatic carbocycles. The van der Waals surface area contributed by atoms with Crippen molar-refractivity contribution in [2.45, 2.75) is 29.8 Å². The van der Waals surface area contributed by atoms with Crippen molar-refractivity contribution in [3.8, 4) is 5.69 Å². The molecule has 4 aromatic rings. The van der Waals surface area contributed by atoms with Crippen LogP contribution in [0.1, 0.15) is 23.3 Å². The number of imidazole rings is 1. The van der Waals surface area contributed by atoms with Gasteiger partial charge in [-0.3, -0.25) is 19.4 Å². The number of carbonyl (C=O) groups is 1. The maximum Gasteiger partial charge on any atom is 0.272 e. The number of amides is 1. The molecule has 1 aromatic carbocycles. The zero-order valence-corrected chi connectivity index (χ0v) is 18.4. The molecule has 0 bridgehead atoms. The monoisotopic (exact) mass is 463 g/mol. The molecular formula is C22H21N7O3S. The quantitative estimate of drug-likeness (QED) is 0.493. The molecule has 2 fully saturated rings. The first kappa shape index (κ1) is 20.1. The Morgan fingerprint density at radius 1 is 1.00 bits per heavy atom. The summed E-state index contributed by atoms with van der Waals surface area (Å²) in [5.41, 5.74) is 2.04. The SMILES string of the molecule is O=C(c1cncn1-c1ccncc1)N1CC[C@@H]2[C@H]1CCN2S(=O)(=O)c1ccc2[nH]ncc2c1. The predicted molar refractivity (Wildman–Crippen MR) is 119 cm³/mol. The van der Waals surface area contributed by atoms with Gasteiger partial charge in [-0.25, -0.2) is 13.4 Å². The molecule has 1 N–H and O–H groups in total. The van der Waals surface area contributed by atoms with Crippen LogP contribution in [0, 0.1) is 0 Å². The molecule has 0 radical (unpaired) electrons. The van der Waals surface area contributed by atoms with Crippen molar-refractivity contribution in [2.75, 3.05) is 13.1 Å². The minimum Gasteiger partial charge on any atom is -0.333 e. The normalized spacial score (nSPS) is 21.0. The van der Waals surface area contributed by atoms with Gasteiger partial charge in [-0.15, -0.1) is 0 Å². The lowest BCUT2D eigenvalue weighted by Crippen LogP contribution is -2.41. The fourth-order valence-corrected chi connectivity index (χ4v) is 6.76. The first-order valence-electron chi connectivity index (χ1n) is 10.7. The zero-order valence-electron chi connectivity index (χ0n) is 17.6. The number of aromatic nitrogens is 5. The van der Waals surface area contributed by atoms with Crippen molar-refractivity contribution < 1.29 is 13.2 Å². The number of pyridine rings is 1. The van der Waals surface area contributed by atoms with Crippen LogP contribution in [0.3, 0.4) is 0 Å². The first-order valence-corrected chi connectivity index (χ1v) is 12.2. The Hall–Kier alpha value is -3.57. The molecule has 11 heteroatoms. The number of sulfonamides is 1. The average molecular weight is 464 g/mol. The number of benzene rings is 1. The summed E-state index contributed by atoms with van der Waals surface area (Å²) in [4.78, 5) is 23.7. The van der Waals surface area contributed by atoms with Crippen LogP contribution >= 0.6 is 0 Å². The lowest BCUT2D eigenvalue weighted by molar-refractivity contribution is 0.0727. The van der Waals surface area contributed by atoms with Gasteiger partial charge in [-0.05, 0) is 43.2 Å². The third kappa shape index (κ3) is 3.15. The number of hydrogen-bond donors (Lipinski definition) is 1. The minimum absolute atomic E-state index is 0.143. The largest absolute Gasteiger partial charge is 0.333 e. The summed E-state index contributed by atoms with van der Waals surface area (Å²) in [7, 11) is -3.69. The molecule has 33 heavy (non-hydrogen) atoms. The van der Waals surface area contributed by atoms with Crippen molar-refractivity contribution in [1.29, 1.82) is 0 Å². The molecule has 0 saturated carbocycles. The van der Waals surface area contributed by atoms with Gasteiger partial charge < -0.3 is 4.90 Å². The highest BCUT2D eigenvalue weighted by Gasteiger charge is 2.49. The van der Waals surface area contributed by atoms with Gasteiger partial charge in [-0.1, -0.05) is 0 Å². The number of aromatic amines is 1. The van der Waals surface area contributed by atoms with E-state index in [0.717, 1.165) is 16.6 Å². The van der Waals surface area contributed by atoms with Gasteiger partial charge in [0.2, 0.25) is 10.0 Å². The third-order valence-corrected chi connectivity index (χ3v) is 8.52. The minimum atomic E-state index is -3.69. The van der Waals surface area contributed by atoms with E-state index in [2.05, 4.69) is 20.2 Å². The Morgan fingerprint density at radius 3 is 2.67 bits per heavy atom. The number of fused-ring (bicyclic) bond motifs is 2. The number of nitrogens with zero attached hydrogens (tertiary/aromatic N) is 6. The smallest absolute Gasteiger partial charge is 0.272 e. The highest BCUT2D eigenvalue weighted by atomic mass is 32.2. The van der Waals surface area contributed by atoms with E-state index in [1.54, 1.807) is 63.1 Å². The van der Waals surface area contributed by atoms with E-state index in [0.29, 0.717) is 31.6 Å². The van der Waals surface area contributed by atoms with E-state index < -0.39 is 10.0 Å². The van der Waals surface area contributed by atoms with Crippen LogP contribution in [0.2, 0.25) is 0 Å². The molecule has 6 rings (SSSR count). The highest BCUT2D eigenvalue weighted by molar-refractivity contribution is 7.89. The van der Waals surface area contributed by atoms with E-state index in [1.165, 1.54) is 0 Å². The fourth-order valence-electron chi connectivity index (χ4n) is 5.02. The van der Waals surface area contributed by atoms with E-state index in [-0.39, 0.29) is 22.9 Å². The lowest BCUT2D eigenvalue weighted by atomic mass is 10.1. The number of rotatable bonds is 4. The van der Waals surface area contributed by atoms with Crippen LogP contribution in [0.5, 0.6) is 0 Å². The van der Waals surface area contributed by atoms with Gasteiger partial charge in [-0.2, -0.15) is 9.40 Å². The Kier molecular flexibility index (Phi) is 4.56. The van der Waals surface area contributed by atoms with Gasteiger partial charge in [0.25, 0.3) is 5.91 Å². The van der Waals surface area contributed by atoms with E-state index in [9.17, 15) is 13.2 Å². The first-order chi connectivity index (χ1) is 16.0. The number of likely N-dealkylation sites (tertiary alicyclic amines) is 1. The predicted octanol–water partition coefficient (Wildman–Crippen LogP) is 1.82. The maximum atomic E-state index is 13.5. The molecule has 2 atom stereocenters. The summed E-state index contributed by atoms with van der Waals surface area (Å²) < 4.78 is 30.2. The number of H-pyrrole nitrogens is 1. The van der Waals surface area contributed by atoms with Crippen LogP contribution in [0.25, 0.3) is 16.6 Å². The van der Waals surface area contributed by atoms with Crippen LogP contribution in [0.4, 0.5) is 0 Å². The molecule has 3 aromatic heterocycles. The maximum absolute atomic E-state index is 13.5. The van der Waals surface area contributed by atoms with Crippen molar-refractivity contribution in [2.24, 2.45) is 0 Å². The van der Waals surface area contributed by atoms with Crippen molar-refractivity contribution in [1.82, 2.24) is 33.9 Å². The van der Waals surface area contributed by atoms with Gasteiger partial charge in [0, 0.05) is 36.9 Å². The average Bonchev–Trinajstić information content (AvgIpc) is 3.62. The van der Waals surface area contributed by atoms with Gasteiger partial charge in [0.15, 0.2) is 0 Å². The molecule has 1 amide bonds. The molecule has 10 nitrogen and oxygen atoms in total. The second-order valence-corrected chi connectivity index (χ2v) is 10.2. The van der Waals surface area contributed by atoms with Gasteiger partial charge in [0.1, 0.15) is 5.69 Å². The van der Waals surface area contributed by atoms with Crippen LogP contribution < -0.4 is 0 Å². The number of carbonyl (C=O) groups excluding carboxylic acids is 1. The van der Waals surface area contributed by atoms with Gasteiger partial charge >= 0.3 is 0 Å². The van der Waals surface area contributed by atoms with E-state index >= 15 is 0 Å². The molecule has 2 aliphatic heterocycles. The fraction of sp³-hybridized carbons (Fsp3) is 0.273. The van der Waals surface area contributed by atoms with Crippen LogP contribution in [0.15, 0.2) is 66.3 Å². The molecule has 5 heterocycles. The topological polar surface area (TPSA) is 117 Å². The molecule has 2 saturated heterocycles. The second-order valence-electron chi connectivity index (χ2n) is 8.30. The molecule has 2 aliphatic rings. The summed E-state index contributed by atoms with van der Waals surface area (Å²) in [5.74, 6) is -0.143. The summed E-state index contributed by atoms with van der Waals surface area (Å²) in [6, 6.07) is 8.20. The van der Waals surface area contributed by atoms with Crippen LogP contribution in [-0.4, -0.2) is 73.4 Å². The third-order valence-electron chi connectivity index (χ3n) is 6.60. The summed E-state index contributed by atoms with van der Waals surface area (Å²) in [6.45, 7) is 0.886. The Morgan fingerprint density at radius 2 is 1.82 bits per heavy atom. The highest BCUT2D eigenvalue weighted by Crippen LogP contribution is 2.36. The summed E-state index contributed by atoms with van der Waals surface area (Å²) >= 11 is 0. The van der Waals surface area contributed by atoms with E-state index in [1.807, 2.05) is 12.1 Å². The molecule has 0 spiro atoms. The second kappa shape index (κ2) is 7.49. The number of nitrogens with one attached hydrogen (secondary N) is 1. The van der Waals surface area contributed by atoms with Crippen molar-refractivity contribution >= 4 is 26.8 Å². The lowest BCUT2D eigenvalue weighted by Gasteiger charge is -2.25. The van der Waals surface area contributed by atoms with Gasteiger partial charge in [0.05, 0.1) is 40.9 Å². The Balaban J connectivity index is 1.27.